The molecule has 0 aliphatic carbocycles. The van der Waals surface area contributed by atoms with Crippen molar-refractivity contribution in [3.05, 3.63) is 18.0 Å². The number of nitrogens with one attached hydrogen (secondary N) is 2. The van der Waals surface area contributed by atoms with Crippen LogP contribution in [0.3, 0.4) is 0 Å². The number of piperidine rings is 1. The maximum atomic E-state index is 12.6. The van der Waals surface area contributed by atoms with E-state index in [1.807, 2.05) is 13.8 Å². The molecule has 0 bridgehead atoms. The Hall–Kier alpha value is -1.51. The summed E-state index contributed by atoms with van der Waals surface area (Å²) >= 11 is 0. The minimum Gasteiger partial charge on any atom is -0.316 e. The van der Waals surface area contributed by atoms with E-state index in [9.17, 15) is 8.42 Å². The van der Waals surface area contributed by atoms with E-state index < -0.39 is 10.0 Å². The molecule has 0 saturated carbocycles. The Kier molecular flexibility index (Phi) is 3.92. The summed E-state index contributed by atoms with van der Waals surface area (Å²) in [7, 11) is -1.77. The summed E-state index contributed by atoms with van der Waals surface area (Å²) in [5, 5.41) is 8.31. The molecule has 1 saturated heterocycles. The SMILES string of the molecule is Cc1nn(C)c2ncc(S(=O)(=O)NC3CCNCC3C)cc12. The highest BCUT2D eigenvalue weighted by molar-refractivity contribution is 7.89. The van der Waals surface area contributed by atoms with Crippen molar-refractivity contribution >= 4 is 21.1 Å². The molecule has 8 heteroatoms. The van der Waals surface area contributed by atoms with Gasteiger partial charge in [0.1, 0.15) is 4.90 Å². The molecule has 2 unspecified atom stereocenters. The topological polar surface area (TPSA) is 88.9 Å². The molecule has 120 valence electrons. The fourth-order valence-corrected chi connectivity index (χ4v) is 4.24. The lowest BCUT2D eigenvalue weighted by Crippen LogP contribution is -2.48. The second-order valence-corrected chi connectivity index (χ2v) is 7.66. The van der Waals surface area contributed by atoms with Crippen LogP contribution in [0.15, 0.2) is 17.2 Å². The van der Waals surface area contributed by atoms with Gasteiger partial charge < -0.3 is 5.32 Å². The third-order valence-corrected chi connectivity index (χ3v) is 5.70. The molecule has 0 amide bonds. The number of hydrogen-bond donors (Lipinski definition) is 2. The third kappa shape index (κ3) is 2.73. The van der Waals surface area contributed by atoms with Gasteiger partial charge in [-0.2, -0.15) is 5.10 Å². The van der Waals surface area contributed by atoms with E-state index in [0.29, 0.717) is 5.65 Å². The maximum Gasteiger partial charge on any atom is 0.242 e. The Bertz CT molecular complexity index is 799. The fourth-order valence-electron chi connectivity index (χ4n) is 2.89. The largest absolute Gasteiger partial charge is 0.316 e. The van der Waals surface area contributed by atoms with E-state index >= 15 is 0 Å². The van der Waals surface area contributed by atoms with Crippen LogP contribution in [-0.4, -0.2) is 42.3 Å². The van der Waals surface area contributed by atoms with E-state index in [1.165, 1.54) is 6.20 Å². The van der Waals surface area contributed by atoms with Crippen LogP contribution in [0.2, 0.25) is 0 Å². The second-order valence-electron chi connectivity index (χ2n) is 5.95. The van der Waals surface area contributed by atoms with Crippen molar-refractivity contribution in [2.45, 2.75) is 31.2 Å². The molecule has 7 nitrogen and oxygen atoms in total. The Morgan fingerprint density at radius 1 is 1.45 bits per heavy atom. The highest BCUT2D eigenvalue weighted by Crippen LogP contribution is 2.20. The predicted molar refractivity (Wildman–Crippen MR) is 84.0 cm³/mol. The van der Waals surface area contributed by atoms with Crippen molar-refractivity contribution in [2.75, 3.05) is 13.1 Å². The minimum absolute atomic E-state index is 0.0445. The summed E-state index contributed by atoms with van der Waals surface area (Å²) in [4.78, 5) is 4.45. The van der Waals surface area contributed by atoms with Gasteiger partial charge in [0.25, 0.3) is 0 Å². The maximum absolute atomic E-state index is 12.6. The molecule has 2 N–H and O–H groups in total. The van der Waals surface area contributed by atoms with Crippen LogP contribution in [0.4, 0.5) is 0 Å². The van der Waals surface area contributed by atoms with Crippen molar-refractivity contribution in [1.82, 2.24) is 24.8 Å². The summed E-state index contributed by atoms with van der Waals surface area (Å²) in [6, 6.07) is 1.61. The highest BCUT2D eigenvalue weighted by Gasteiger charge is 2.27. The monoisotopic (exact) mass is 323 g/mol. The zero-order chi connectivity index (χ0) is 15.9. The lowest BCUT2D eigenvalue weighted by Gasteiger charge is -2.29. The van der Waals surface area contributed by atoms with Crippen LogP contribution < -0.4 is 10.0 Å². The van der Waals surface area contributed by atoms with Gasteiger partial charge in [0.2, 0.25) is 10.0 Å². The second kappa shape index (κ2) is 5.60. The molecular formula is C14H21N5O2S. The number of sulfonamides is 1. The Morgan fingerprint density at radius 2 is 2.23 bits per heavy atom. The molecule has 22 heavy (non-hydrogen) atoms. The van der Waals surface area contributed by atoms with Gasteiger partial charge in [-0.3, -0.25) is 4.68 Å². The number of hydrogen-bond acceptors (Lipinski definition) is 5. The van der Waals surface area contributed by atoms with Crippen LogP contribution in [-0.2, 0) is 17.1 Å². The predicted octanol–water partition coefficient (Wildman–Crippen LogP) is 0.553. The molecule has 2 aromatic rings. The van der Waals surface area contributed by atoms with Crippen molar-refractivity contribution in [1.29, 1.82) is 0 Å². The third-order valence-electron chi connectivity index (χ3n) is 4.24. The van der Waals surface area contributed by atoms with Crippen LogP contribution >= 0.6 is 0 Å². The van der Waals surface area contributed by atoms with Crippen molar-refractivity contribution < 1.29 is 8.42 Å². The van der Waals surface area contributed by atoms with Crippen LogP contribution in [0.5, 0.6) is 0 Å². The van der Waals surface area contributed by atoms with E-state index in [0.717, 1.165) is 30.6 Å². The molecule has 0 spiro atoms. The molecule has 2 atom stereocenters. The van der Waals surface area contributed by atoms with Gasteiger partial charge in [-0.1, -0.05) is 6.92 Å². The standard InChI is InChI=1S/C14H21N5O2S/c1-9-7-15-5-4-13(9)18-22(20,21)11-6-12-10(2)17-19(3)14(12)16-8-11/h6,8-9,13,15,18H,4-5,7H2,1-3H3. The molecular weight excluding hydrogens is 302 g/mol. The van der Waals surface area contributed by atoms with Crippen molar-refractivity contribution in [3.8, 4) is 0 Å². The Morgan fingerprint density at radius 3 is 2.95 bits per heavy atom. The first-order valence-electron chi connectivity index (χ1n) is 7.41. The van der Waals surface area contributed by atoms with Crippen LogP contribution in [0.1, 0.15) is 19.0 Å². The van der Waals surface area contributed by atoms with E-state index in [2.05, 4.69) is 20.1 Å². The first-order valence-corrected chi connectivity index (χ1v) is 8.89. The van der Waals surface area contributed by atoms with E-state index in [1.54, 1.807) is 17.8 Å². The average molecular weight is 323 g/mol. The lowest BCUT2D eigenvalue weighted by molar-refractivity contribution is 0.328. The van der Waals surface area contributed by atoms with Gasteiger partial charge in [-0.05, 0) is 38.4 Å². The van der Waals surface area contributed by atoms with Gasteiger partial charge in [0, 0.05) is 24.7 Å². The first kappa shape index (κ1) is 15.4. The molecule has 1 aliphatic rings. The van der Waals surface area contributed by atoms with Gasteiger partial charge in [-0.15, -0.1) is 0 Å². The number of nitrogens with zero attached hydrogens (tertiary/aromatic N) is 3. The first-order chi connectivity index (χ1) is 10.4. The zero-order valence-electron chi connectivity index (χ0n) is 13.0. The smallest absolute Gasteiger partial charge is 0.242 e. The van der Waals surface area contributed by atoms with Crippen molar-refractivity contribution in [2.24, 2.45) is 13.0 Å². The van der Waals surface area contributed by atoms with Crippen molar-refractivity contribution in [3.63, 3.8) is 0 Å². The fraction of sp³-hybridized carbons (Fsp3) is 0.571. The summed E-state index contributed by atoms with van der Waals surface area (Å²) < 4.78 is 29.7. The summed E-state index contributed by atoms with van der Waals surface area (Å²) in [5.41, 5.74) is 1.46. The zero-order valence-corrected chi connectivity index (χ0v) is 13.8. The lowest BCUT2D eigenvalue weighted by atomic mass is 9.97. The molecule has 0 aromatic carbocycles. The van der Waals surface area contributed by atoms with Gasteiger partial charge in [0.15, 0.2) is 5.65 Å². The Balaban J connectivity index is 1.93. The molecule has 1 fully saturated rings. The molecule has 3 heterocycles. The number of aromatic nitrogens is 3. The number of fused-ring (bicyclic) bond motifs is 1. The van der Waals surface area contributed by atoms with Gasteiger partial charge >= 0.3 is 0 Å². The van der Waals surface area contributed by atoms with Gasteiger partial charge in [0.05, 0.1) is 5.69 Å². The molecule has 3 rings (SSSR count). The van der Waals surface area contributed by atoms with E-state index in [4.69, 9.17) is 0 Å². The quantitative estimate of drug-likeness (QED) is 0.861. The van der Waals surface area contributed by atoms with Crippen LogP contribution in [0.25, 0.3) is 11.0 Å². The molecule has 2 aromatic heterocycles. The highest BCUT2D eigenvalue weighted by atomic mass is 32.2. The number of pyridine rings is 1. The summed E-state index contributed by atoms with van der Waals surface area (Å²) in [5.74, 6) is 0.264. The minimum atomic E-state index is -3.57. The Labute approximate surface area is 130 Å². The number of aryl methyl sites for hydroxylation is 2. The summed E-state index contributed by atoms with van der Waals surface area (Å²) in [6.45, 7) is 5.55. The molecule has 0 radical (unpaired) electrons. The molecule has 1 aliphatic heterocycles. The average Bonchev–Trinajstić information content (AvgIpc) is 2.76. The number of rotatable bonds is 3. The normalized spacial score (nSPS) is 23.0. The summed E-state index contributed by atoms with van der Waals surface area (Å²) in [6.07, 6.45) is 2.19. The van der Waals surface area contributed by atoms with Gasteiger partial charge in [-0.25, -0.2) is 18.1 Å². The van der Waals surface area contributed by atoms with Crippen LogP contribution in [0, 0.1) is 12.8 Å². The van der Waals surface area contributed by atoms with E-state index in [-0.39, 0.29) is 16.9 Å².